The first-order chi connectivity index (χ1) is 25.0. The van der Waals surface area contributed by atoms with Crippen LogP contribution >= 0.6 is 23.5 Å². The van der Waals surface area contributed by atoms with E-state index in [4.69, 9.17) is 13.5 Å². The Balaban J connectivity index is 1.57. The smallest absolute Gasteiger partial charge is 0.265 e. The largest absolute Gasteiger partial charge is 0.545 e. The predicted octanol–water partition coefficient (Wildman–Crippen LogP) is 0.881. The molecule has 0 aromatic heterocycles. The number of carboxylic acid groups (broad SMARTS) is 1. The van der Waals surface area contributed by atoms with E-state index in [-0.39, 0.29) is 40.4 Å². The number of carbonyl (C=O) groups is 3. The summed E-state index contributed by atoms with van der Waals surface area (Å²) in [4.78, 5) is 38.5. The van der Waals surface area contributed by atoms with E-state index in [0.717, 1.165) is 34.6 Å². The van der Waals surface area contributed by atoms with Crippen LogP contribution in [0.4, 0.5) is 5.69 Å². The number of aromatic carboxylic acids is 1. The number of thioether (sulfide) groups is 2. The summed E-state index contributed by atoms with van der Waals surface area (Å²) < 4.78 is 69.4. The summed E-state index contributed by atoms with van der Waals surface area (Å²) in [6.07, 6.45) is 0. The Labute approximate surface area is 315 Å². The number of amides is 2. The van der Waals surface area contributed by atoms with Crippen molar-refractivity contribution in [2.75, 3.05) is 79.7 Å². The van der Waals surface area contributed by atoms with Gasteiger partial charge < -0.3 is 29.9 Å². The lowest BCUT2D eigenvalue weighted by Crippen LogP contribution is -2.36. The van der Waals surface area contributed by atoms with Crippen LogP contribution in [0.3, 0.4) is 0 Å². The zero-order valence-corrected chi connectivity index (χ0v) is 32.2. The second kappa shape index (κ2) is 18.8. The first-order valence-corrected chi connectivity index (χ1v) is 21.7. The first-order valence-electron chi connectivity index (χ1n) is 16.2. The summed E-state index contributed by atoms with van der Waals surface area (Å²) in [5, 5.41) is 19.2. The van der Waals surface area contributed by atoms with Crippen LogP contribution < -0.4 is 30.6 Å². The van der Waals surface area contributed by atoms with E-state index in [1.807, 2.05) is 60.0 Å². The van der Waals surface area contributed by atoms with Gasteiger partial charge in [-0.15, -0.1) is 0 Å². The van der Waals surface area contributed by atoms with E-state index in [1.54, 1.807) is 18.2 Å². The molecule has 1 heterocycles. The Morgan fingerprint density at radius 3 is 2.09 bits per heavy atom. The van der Waals surface area contributed by atoms with Crippen molar-refractivity contribution in [3.63, 3.8) is 0 Å². The predicted molar refractivity (Wildman–Crippen MR) is 205 cm³/mol. The fourth-order valence-electron chi connectivity index (χ4n) is 5.26. The van der Waals surface area contributed by atoms with Crippen LogP contribution in [0.1, 0.15) is 10.4 Å². The fourth-order valence-corrected chi connectivity index (χ4v) is 8.75. The fraction of sp³-hybridized carbons (Fsp3) is 0.353. The summed E-state index contributed by atoms with van der Waals surface area (Å²) >= 11 is 2.20. The number of hydrogen-bond donors (Lipinski definition) is 4. The van der Waals surface area contributed by atoms with Gasteiger partial charge in [0.1, 0.15) is 18.4 Å². The summed E-state index contributed by atoms with van der Waals surface area (Å²) in [5.41, 5.74) is 3.01. The highest BCUT2D eigenvalue weighted by Crippen LogP contribution is 2.41. The van der Waals surface area contributed by atoms with Gasteiger partial charge in [0.25, 0.3) is 20.2 Å². The Bertz CT molecular complexity index is 2220. The molecular formula is C34H40N4O11S4. The van der Waals surface area contributed by atoms with Crippen molar-refractivity contribution in [1.82, 2.24) is 15.2 Å². The van der Waals surface area contributed by atoms with Gasteiger partial charge in [-0.25, -0.2) is 4.58 Å². The lowest BCUT2D eigenvalue weighted by atomic mass is 9.90. The Morgan fingerprint density at radius 2 is 1.47 bits per heavy atom. The molecule has 19 heteroatoms. The molecule has 15 nitrogen and oxygen atoms in total. The zero-order valence-electron chi connectivity index (χ0n) is 28.9. The molecular weight excluding hydrogens is 769 g/mol. The standard InChI is InChI=1S/C34H40N4O11S4/c1-37(13-11-35-31(39)21-50-15-17-52(43,44)45)23-7-9-27-29(19-23)49-30-20-24(38(2)14-12-36-32(40)22-51-16-18-53(46,47)48)8-10-28(30)33(27)25-5-3-4-6-26(25)34(41)42/h3-10,19-20H,11-18,21-22H2,1-2H3,(H4-,35,36,39,40,41,42,43,44,45,46,47,48). The molecule has 4 N–H and O–H groups in total. The quantitative estimate of drug-likeness (QED) is 0.0447. The average molecular weight is 809 g/mol. The van der Waals surface area contributed by atoms with Crippen molar-refractivity contribution in [3.05, 3.63) is 71.6 Å². The monoisotopic (exact) mass is 808 g/mol. The summed E-state index contributed by atoms with van der Waals surface area (Å²) in [5.74, 6) is -1.97. The Kier molecular flexibility index (Phi) is 14.7. The number of benzene rings is 3. The average Bonchev–Trinajstić information content (AvgIpc) is 3.09. The van der Waals surface area contributed by atoms with Crippen LogP contribution in [-0.4, -0.2) is 119 Å². The van der Waals surface area contributed by atoms with Crippen molar-refractivity contribution in [2.45, 2.75) is 0 Å². The maximum atomic E-state index is 12.2. The molecule has 0 spiro atoms. The summed E-state index contributed by atoms with van der Waals surface area (Å²) in [6, 6.07) is 17.7. The molecule has 4 rings (SSSR count). The van der Waals surface area contributed by atoms with E-state index in [2.05, 4.69) is 10.6 Å². The van der Waals surface area contributed by atoms with Gasteiger partial charge in [-0.1, -0.05) is 24.3 Å². The topological polar surface area (TPSA) is 226 Å². The minimum atomic E-state index is -4.08. The van der Waals surface area contributed by atoms with Gasteiger partial charge in [-0.3, -0.25) is 18.7 Å². The molecule has 53 heavy (non-hydrogen) atoms. The van der Waals surface area contributed by atoms with E-state index in [0.29, 0.717) is 59.6 Å². The second-order valence-corrected chi connectivity index (χ2v) is 17.2. The molecule has 0 bridgehead atoms. The second-order valence-electron chi connectivity index (χ2n) is 11.9. The number of rotatable bonds is 19. The van der Waals surface area contributed by atoms with E-state index in [1.165, 1.54) is 6.07 Å². The van der Waals surface area contributed by atoms with E-state index in [9.17, 15) is 36.3 Å². The molecule has 2 aromatic rings. The highest BCUT2D eigenvalue weighted by Gasteiger charge is 2.21. The molecule has 0 saturated carbocycles. The van der Waals surface area contributed by atoms with E-state index < -0.39 is 37.7 Å². The summed E-state index contributed by atoms with van der Waals surface area (Å²) in [6.45, 7) is 1.45. The number of anilines is 1. The van der Waals surface area contributed by atoms with Gasteiger partial charge in [0, 0.05) is 71.5 Å². The highest BCUT2D eigenvalue weighted by atomic mass is 32.2. The maximum absolute atomic E-state index is 12.2. The third-order valence-corrected chi connectivity index (χ3v) is 11.8. The minimum Gasteiger partial charge on any atom is -0.545 e. The normalized spacial score (nSPS) is 12.5. The Hall–Kier alpha value is -4.14. The number of fused-ring (bicyclic) bond motifs is 2. The van der Waals surface area contributed by atoms with Gasteiger partial charge in [-0.2, -0.15) is 40.4 Å². The van der Waals surface area contributed by atoms with Crippen molar-refractivity contribution in [1.29, 1.82) is 0 Å². The lowest BCUT2D eigenvalue weighted by Gasteiger charge is -2.22. The van der Waals surface area contributed by atoms with Crippen LogP contribution in [0.2, 0.25) is 0 Å². The molecule has 2 amide bonds. The molecule has 1 aliphatic carbocycles. The van der Waals surface area contributed by atoms with Crippen LogP contribution in [0.5, 0.6) is 0 Å². The molecule has 0 saturated heterocycles. The number of hydrogen-bond acceptors (Lipinski definition) is 12. The van der Waals surface area contributed by atoms with Crippen molar-refractivity contribution in [3.8, 4) is 22.5 Å². The molecule has 2 aromatic carbocycles. The lowest BCUT2D eigenvalue weighted by molar-refractivity contribution is -0.255. The first kappa shape index (κ1) is 41.6. The van der Waals surface area contributed by atoms with Crippen molar-refractivity contribution in [2.24, 2.45) is 0 Å². The van der Waals surface area contributed by atoms with Crippen LogP contribution in [0.25, 0.3) is 33.4 Å². The summed E-state index contributed by atoms with van der Waals surface area (Å²) in [7, 11) is -4.48. The molecule has 2 aliphatic rings. The molecule has 0 fully saturated rings. The number of carbonyl (C=O) groups excluding carboxylic acids is 3. The molecule has 0 atom stereocenters. The highest BCUT2D eigenvalue weighted by molar-refractivity contribution is 8.01. The van der Waals surface area contributed by atoms with Gasteiger partial charge in [-0.05, 0) is 23.8 Å². The number of carboxylic acids is 1. The number of likely N-dealkylation sites (N-methyl/N-ethyl adjacent to an activating group) is 2. The van der Waals surface area contributed by atoms with Crippen LogP contribution in [-0.2, 0) is 29.8 Å². The maximum Gasteiger partial charge on any atom is 0.265 e. The molecule has 0 radical (unpaired) electrons. The van der Waals surface area contributed by atoms with Crippen LogP contribution in [0, 0.1) is 0 Å². The molecule has 286 valence electrons. The van der Waals surface area contributed by atoms with E-state index >= 15 is 0 Å². The van der Waals surface area contributed by atoms with Gasteiger partial charge >= 0.3 is 0 Å². The van der Waals surface area contributed by atoms with Crippen LogP contribution in [0.15, 0.2) is 65.1 Å². The van der Waals surface area contributed by atoms with Gasteiger partial charge in [0.05, 0.1) is 41.6 Å². The minimum absolute atomic E-state index is 0.0162. The van der Waals surface area contributed by atoms with Crippen molar-refractivity contribution < 1.29 is 49.8 Å². The van der Waals surface area contributed by atoms with Crippen molar-refractivity contribution >= 4 is 78.2 Å². The molecule has 1 aliphatic heterocycles. The van der Waals surface area contributed by atoms with Gasteiger partial charge in [0.2, 0.25) is 17.2 Å². The number of nitrogens with one attached hydrogen (secondary N) is 2. The third-order valence-electron chi connectivity index (χ3n) is 7.96. The number of nitrogens with zero attached hydrogens (tertiary/aromatic N) is 2. The molecule has 0 unspecified atom stereocenters. The van der Waals surface area contributed by atoms with Gasteiger partial charge in [0.15, 0.2) is 6.54 Å². The zero-order chi connectivity index (χ0) is 38.8. The third kappa shape index (κ3) is 12.7. The Morgan fingerprint density at radius 1 is 0.849 bits per heavy atom. The SMILES string of the molecule is CN(CCNC(=O)CSCCS(=O)(=O)O)c1ccc2c(-c3ccccc3C(=O)[O-])c3ccc(=[N+](C)CCNC(=O)CSCCS(=O)(=O)O)cc-3oc2c1.